The molecule has 0 aliphatic carbocycles. The monoisotopic (exact) mass is 235 g/mol. The van der Waals surface area contributed by atoms with Crippen LogP contribution in [-0.4, -0.2) is 29.8 Å². The van der Waals surface area contributed by atoms with E-state index in [2.05, 4.69) is 10.3 Å². The molecule has 90 valence electrons. The molecular formula is C11H13N3O3. The second-order valence-electron chi connectivity index (χ2n) is 3.68. The Hall–Kier alpha value is -2.11. The van der Waals surface area contributed by atoms with Crippen LogP contribution in [0.1, 0.15) is 17.4 Å². The number of primary amides is 1. The van der Waals surface area contributed by atoms with Crippen LogP contribution in [0.4, 0.5) is 5.69 Å². The summed E-state index contributed by atoms with van der Waals surface area (Å²) >= 11 is 0. The number of nitrogens with zero attached hydrogens (tertiary/aromatic N) is 1. The SMILES string of the molecule is CCOc1ccc2c(n1)C(=O)C(C(N)=O)CN2. The predicted molar refractivity (Wildman–Crippen MR) is 60.9 cm³/mol. The number of Topliss-reactive ketones (excluding diaryl/α,β-unsaturated/α-hetero) is 1. The van der Waals surface area contributed by atoms with Gasteiger partial charge in [-0.25, -0.2) is 4.98 Å². The Morgan fingerprint density at radius 2 is 2.41 bits per heavy atom. The van der Waals surface area contributed by atoms with E-state index in [-0.39, 0.29) is 18.0 Å². The highest BCUT2D eigenvalue weighted by Crippen LogP contribution is 2.25. The fourth-order valence-corrected chi connectivity index (χ4v) is 1.70. The lowest BCUT2D eigenvalue weighted by molar-refractivity contribution is -0.120. The summed E-state index contributed by atoms with van der Waals surface area (Å²) in [5.74, 6) is -1.48. The number of hydrogen-bond donors (Lipinski definition) is 2. The zero-order valence-corrected chi connectivity index (χ0v) is 9.40. The first-order valence-corrected chi connectivity index (χ1v) is 5.34. The normalized spacial score (nSPS) is 18.2. The first-order valence-electron chi connectivity index (χ1n) is 5.34. The molecule has 6 heteroatoms. The van der Waals surface area contributed by atoms with E-state index in [1.54, 1.807) is 12.1 Å². The number of carbonyl (C=O) groups excluding carboxylic acids is 2. The number of hydrogen-bond acceptors (Lipinski definition) is 5. The molecule has 1 aliphatic rings. The van der Waals surface area contributed by atoms with Crippen LogP contribution in [0.3, 0.4) is 0 Å². The van der Waals surface area contributed by atoms with E-state index in [9.17, 15) is 9.59 Å². The molecule has 1 amide bonds. The van der Waals surface area contributed by atoms with Crippen LogP contribution in [0.2, 0.25) is 0 Å². The van der Waals surface area contributed by atoms with Gasteiger partial charge in [-0.05, 0) is 13.0 Å². The van der Waals surface area contributed by atoms with Gasteiger partial charge in [0.25, 0.3) is 0 Å². The maximum Gasteiger partial charge on any atom is 0.230 e. The Bertz CT molecular complexity index is 473. The average molecular weight is 235 g/mol. The topological polar surface area (TPSA) is 94.3 Å². The summed E-state index contributed by atoms with van der Waals surface area (Å²) in [5, 5.41) is 2.95. The van der Waals surface area contributed by atoms with Gasteiger partial charge in [0.15, 0.2) is 5.78 Å². The van der Waals surface area contributed by atoms with Crippen molar-refractivity contribution in [2.24, 2.45) is 11.7 Å². The quantitative estimate of drug-likeness (QED) is 0.729. The first kappa shape index (κ1) is 11.4. The van der Waals surface area contributed by atoms with E-state index in [4.69, 9.17) is 10.5 Å². The van der Waals surface area contributed by atoms with Crippen LogP contribution >= 0.6 is 0 Å². The lowest BCUT2D eigenvalue weighted by Crippen LogP contribution is -2.39. The highest BCUT2D eigenvalue weighted by atomic mass is 16.5. The number of amides is 1. The molecule has 2 heterocycles. The zero-order valence-electron chi connectivity index (χ0n) is 9.40. The molecule has 0 bridgehead atoms. The van der Waals surface area contributed by atoms with Crippen molar-refractivity contribution >= 4 is 17.4 Å². The Balaban J connectivity index is 2.36. The van der Waals surface area contributed by atoms with Crippen molar-refractivity contribution < 1.29 is 14.3 Å². The molecule has 0 radical (unpaired) electrons. The van der Waals surface area contributed by atoms with Crippen molar-refractivity contribution in [3.8, 4) is 5.88 Å². The van der Waals surface area contributed by atoms with Crippen LogP contribution in [0.25, 0.3) is 0 Å². The molecule has 0 fully saturated rings. The third-order valence-electron chi connectivity index (χ3n) is 2.55. The van der Waals surface area contributed by atoms with E-state index in [1.165, 1.54) is 0 Å². The third kappa shape index (κ3) is 2.06. The average Bonchev–Trinajstić information content (AvgIpc) is 2.30. The summed E-state index contributed by atoms with van der Waals surface area (Å²) in [5.41, 5.74) is 5.97. The van der Waals surface area contributed by atoms with Gasteiger partial charge in [0.2, 0.25) is 11.8 Å². The lowest BCUT2D eigenvalue weighted by Gasteiger charge is -2.22. The van der Waals surface area contributed by atoms with Gasteiger partial charge < -0.3 is 15.8 Å². The number of nitrogens with two attached hydrogens (primary N) is 1. The summed E-state index contributed by atoms with van der Waals surface area (Å²) in [6, 6.07) is 3.38. The molecule has 2 rings (SSSR count). The molecule has 0 saturated carbocycles. The molecule has 0 spiro atoms. The molecule has 1 aromatic rings. The van der Waals surface area contributed by atoms with Crippen LogP contribution in [0.15, 0.2) is 12.1 Å². The fraction of sp³-hybridized carbons (Fsp3) is 0.364. The van der Waals surface area contributed by atoms with E-state index >= 15 is 0 Å². The number of nitrogens with one attached hydrogen (secondary N) is 1. The number of aromatic nitrogens is 1. The molecule has 0 aromatic carbocycles. The van der Waals surface area contributed by atoms with Crippen molar-refractivity contribution in [2.45, 2.75) is 6.92 Å². The minimum Gasteiger partial charge on any atom is -0.478 e. The van der Waals surface area contributed by atoms with Gasteiger partial charge in [-0.2, -0.15) is 0 Å². The maximum absolute atomic E-state index is 12.0. The fourth-order valence-electron chi connectivity index (χ4n) is 1.70. The number of rotatable bonds is 3. The predicted octanol–water partition coefficient (Wildman–Crippen LogP) is 0.190. The summed E-state index contributed by atoms with van der Waals surface area (Å²) in [6.07, 6.45) is 0. The van der Waals surface area contributed by atoms with Crippen molar-refractivity contribution in [1.82, 2.24) is 4.98 Å². The van der Waals surface area contributed by atoms with Crippen LogP contribution in [-0.2, 0) is 4.79 Å². The highest BCUT2D eigenvalue weighted by molar-refractivity contribution is 6.13. The number of anilines is 1. The van der Waals surface area contributed by atoms with E-state index in [1.807, 2.05) is 6.92 Å². The van der Waals surface area contributed by atoms with Gasteiger partial charge in [0.05, 0.1) is 12.3 Å². The van der Waals surface area contributed by atoms with Gasteiger partial charge in [0.1, 0.15) is 11.6 Å². The lowest BCUT2D eigenvalue weighted by atomic mass is 9.96. The van der Waals surface area contributed by atoms with Crippen molar-refractivity contribution in [3.63, 3.8) is 0 Å². The largest absolute Gasteiger partial charge is 0.478 e. The molecular weight excluding hydrogens is 222 g/mol. The number of ketones is 1. The standard InChI is InChI=1S/C11H13N3O3/c1-2-17-8-4-3-7-9(14-8)10(15)6(5-13-7)11(12)16/h3-4,6,13H,2,5H2,1H3,(H2,12,16). The first-order chi connectivity index (χ1) is 8.13. The van der Waals surface area contributed by atoms with Crippen molar-refractivity contribution in [1.29, 1.82) is 0 Å². The number of ether oxygens (including phenoxy) is 1. The summed E-state index contributed by atoms with van der Waals surface area (Å²) in [4.78, 5) is 27.1. The molecule has 0 saturated heterocycles. The van der Waals surface area contributed by atoms with Crippen LogP contribution in [0, 0.1) is 5.92 Å². The number of pyridine rings is 1. The summed E-state index contributed by atoms with van der Waals surface area (Å²) in [6.45, 7) is 2.51. The van der Waals surface area contributed by atoms with Gasteiger partial charge >= 0.3 is 0 Å². The van der Waals surface area contributed by atoms with E-state index in [0.717, 1.165) is 0 Å². The maximum atomic E-state index is 12.0. The van der Waals surface area contributed by atoms with Gasteiger partial charge in [0, 0.05) is 12.6 Å². The molecule has 6 nitrogen and oxygen atoms in total. The van der Waals surface area contributed by atoms with Gasteiger partial charge in [-0.1, -0.05) is 0 Å². The Labute approximate surface area is 98.2 Å². The smallest absolute Gasteiger partial charge is 0.230 e. The van der Waals surface area contributed by atoms with E-state index in [0.29, 0.717) is 18.2 Å². The molecule has 1 atom stereocenters. The third-order valence-corrected chi connectivity index (χ3v) is 2.55. The second-order valence-corrected chi connectivity index (χ2v) is 3.68. The second kappa shape index (κ2) is 4.40. The number of fused-ring (bicyclic) bond motifs is 1. The van der Waals surface area contributed by atoms with Crippen molar-refractivity contribution in [3.05, 3.63) is 17.8 Å². The summed E-state index contributed by atoms with van der Waals surface area (Å²) < 4.78 is 5.21. The van der Waals surface area contributed by atoms with Crippen LogP contribution in [0.5, 0.6) is 5.88 Å². The summed E-state index contributed by atoms with van der Waals surface area (Å²) in [7, 11) is 0. The van der Waals surface area contributed by atoms with Gasteiger partial charge in [-0.3, -0.25) is 9.59 Å². The highest BCUT2D eigenvalue weighted by Gasteiger charge is 2.32. The number of carbonyl (C=O) groups is 2. The minimum absolute atomic E-state index is 0.214. The van der Waals surface area contributed by atoms with Crippen molar-refractivity contribution in [2.75, 3.05) is 18.5 Å². The Morgan fingerprint density at radius 3 is 3.06 bits per heavy atom. The molecule has 3 N–H and O–H groups in total. The van der Waals surface area contributed by atoms with Gasteiger partial charge in [-0.15, -0.1) is 0 Å². The zero-order chi connectivity index (χ0) is 12.4. The molecule has 1 unspecified atom stereocenters. The Morgan fingerprint density at radius 1 is 1.65 bits per heavy atom. The molecule has 1 aliphatic heterocycles. The molecule has 1 aromatic heterocycles. The van der Waals surface area contributed by atoms with E-state index < -0.39 is 11.8 Å². The Kier molecular flexibility index (Phi) is 2.95. The van der Waals surface area contributed by atoms with Crippen LogP contribution < -0.4 is 15.8 Å². The minimum atomic E-state index is -0.855. The molecule has 17 heavy (non-hydrogen) atoms.